The van der Waals surface area contributed by atoms with Crippen LogP contribution in [0.25, 0.3) is 10.9 Å². The van der Waals surface area contributed by atoms with Crippen molar-refractivity contribution in [1.29, 1.82) is 0 Å². The number of benzene rings is 2. The SMILES string of the molecule is CCCOc1ccc([C@@H](C[NH3+])c2c[nH]c3ccccc23)cc1OC. The molecule has 4 nitrogen and oxygen atoms in total. The number of aromatic amines is 1. The number of aromatic nitrogens is 1. The van der Waals surface area contributed by atoms with Crippen LogP contribution in [0.4, 0.5) is 0 Å². The van der Waals surface area contributed by atoms with Crippen molar-refractivity contribution in [3.05, 3.63) is 59.8 Å². The summed E-state index contributed by atoms with van der Waals surface area (Å²) in [6.45, 7) is 3.56. The number of H-pyrrole nitrogens is 1. The van der Waals surface area contributed by atoms with E-state index in [0.29, 0.717) is 6.61 Å². The van der Waals surface area contributed by atoms with Gasteiger partial charge in [-0.25, -0.2) is 0 Å². The van der Waals surface area contributed by atoms with Gasteiger partial charge in [0.15, 0.2) is 11.5 Å². The maximum absolute atomic E-state index is 5.76. The number of nitrogens with one attached hydrogen (secondary N) is 1. The normalized spacial score (nSPS) is 12.3. The first-order valence-electron chi connectivity index (χ1n) is 8.44. The van der Waals surface area contributed by atoms with Gasteiger partial charge >= 0.3 is 0 Å². The van der Waals surface area contributed by atoms with Crippen molar-refractivity contribution in [2.45, 2.75) is 19.3 Å². The van der Waals surface area contributed by atoms with E-state index < -0.39 is 0 Å². The smallest absolute Gasteiger partial charge is 0.161 e. The van der Waals surface area contributed by atoms with Gasteiger partial charge in [0, 0.05) is 17.1 Å². The third-order valence-electron chi connectivity index (χ3n) is 4.34. The fourth-order valence-corrected chi connectivity index (χ4v) is 3.12. The lowest BCUT2D eigenvalue weighted by Crippen LogP contribution is -2.53. The van der Waals surface area contributed by atoms with Crippen LogP contribution in [0.3, 0.4) is 0 Å². The molecule has 0 fully saturated rings. The number of hydrogen-bond donors (Lipinski definition) is 2. The second kappa shape index (κ2) is 7.41. The fourth-order valence-electron chi connectivity index (χ4n) is 3.12. The van der Waals surface area contributed by atoms with Crippen molar-refractivity contribution in [2.75, 3.05) is 20.3 Å². The van der Waals surface area contributed by atoms with Gasteiger partial charge in [-0.15, -0.1) is 0 Å². The summed E-state index contributed by atoms with van der Waals surface area (Å²) < 4.78 is 11.3. The molecule has 0 amide bonds. The lowest BCUT2D eigenvalue weighted by Gasteiger charge is -2.16. The van der Waals surface area contributed by atoms with E-state index in [1.54, 1.807) is 7.11 Å². The van der Waals surface area contributed by atoms with Gasteiger partial charge in [0.1, 0.15) is 0 Å². The second-order valence-corrected chi connectivity index (χ2v) is 5.89. The minimum atomic E-state index is 0.218. The van der Waals surface area contributed by atoms with Crippen molar-refractivity contribution in [2.24, 2.45) is 0 Å². The van der Waals surface area contributed by atoms with Crippen molar-refractivity contribution in [1.82, 2.24) is 4.98 Å². The molecule has 3 aromatic rings. The highest BCUT2D eigenvalue weighted by Gasteiger charge is 2.20. The molecular formula is C20H25N2O2+. The van der Waals surface area contributed by atoms with Crippen LogP contribution in [-0.4, -0.2) is 25.2 Å². The first-order chi connectivity index (χ1) is 11.8. The lowest BCUT2D eigenvalue weighted by molar-refractivity contribution is -0.370. The van der Waals surface area contributed by atoms with Crippen LogP contribution >= 0.6 is 0 Å². The standard InChI is InChI=1S/C20H24N2O2/c1-3-10-24-19-9-8-14(11-20(19)23-2)16(12-21)17-13-22-18-7-5-4-6-15(17)18/h4-9,11,13,16,22H,3,10,12,21H2,1-2H3/p+1/t16-/m1/s1. The molecule has 4 N–H and O–H groups in total. The third-order valence-corrected chi connectivity index (χ3v) is 4.34. The Morgan fingerprint density at radius 1 is 1.12 bits per heavy atom. The number of methoxy groups -OCH3 is 1. The van der Waals surface area contributed by atoms with E-state index in [1.165, 1.54) is 16.5 Å². The highest BCUT2D eigenvalue weighted by molar-refractivity contribution is 5.84. The summed E-state index contributed by atoms with van der Waals surface area (Å²) in [6, 6.07) is 14.6. The molecule has 0 aliphatic rings. The van der Waals surface area contributed by atoms with Crippen LogP contribution in [-0.2, 0) is 0 Å². The minimum absolute atomic E-state index is 0.218. The molecule has 2 aromatic carbocycles. The molecule has 1 aromatic heterocycles. The topological polar surface area (TPSA) is 61.9 Å². The van der Waals surface area contributed by atoms with E-state index in [-0.39, 0.29) is 5.92 Å². The number of rotatable bonds is 7. The van der Waals surface area contributed by atoms with E-state index in [2.05, 4.69) is 54.2 Å². The van der Waals surface area contributed by atoms with Crippen molar-refractivity contribution < 1.29 is 15.2 Å². The largest absolute Gasteiger partial charge is 0.493 e. The molecule has 0 saturated carbocycles. The first-order valence-corrected chi connectivity index (χ1v) is 8.44. The van der Waals surface area contributed by atoms with Gasteiger partial charge in [0.25, 0.3) is 0 Å². The Balaban J connectivity index is 1.99. The molecule has 24 heavy (non-hydrogen) atoms. The molecule has 0 bridgehead atoms. The fraction of sp³-hybridized carbons (Fsp3) is 0.300. The molecule has 126 valence electrons. The molecule has 1 atom stereocenters. The van der Waals surface area contributed by atoms with Crippen LogP contribution < -0.4 is 15.2 Å². The number of fused-ring (bicyclic) bond motifs is 1. The van der Waals surface area contributed by atoms with E-state index in [1.807, 2.05) is 12.1 Å². The van der Waals surface area contributed by atoms with E-state index >= 15 is 0 Å². The van der Waals surface area contributed by atoms with Crippen molar-refractivity contribution in [3.63, 3.8) is 0 Å². The molecule has 0 saturated heterocycles. The van der Waals surface area contributed by atoms with Crippen LogP contribution in [0.1, 0.15) is 30.4 Å². The summed E-state index contributed by atoms with van der Waals surface area (Å²) >= 11 is 0. The summed E-state index contributed by atoms with van der Waals surface area (Å²) in [7, 11) is 1.68. The van der Waals surface area contributed by atoms with Crippen LogP contribution in [0.2, 0.25) is 0 Å². The summed E-state index contributed by atoms with van der Waals surface area (Å²) in [5.74, 6) is 1.79. The zero-order valence-corrected chi connectivity index (χ0v) is 14.3. The Kier molecular flexibility index (Phi) is 5.06. The average molecular weight is 325 g/mol. The van der Waals surface area contributed by atoms with E-state index in [4.69, 9.17) is 9.47 Å². The van der Waals surface area contributed by atoms with E-state index in [9.17, 15) is 0 Å². The van der Waals surface area contributed by atoms with Gasteiger partial charge < -0.3 is 20.2 Å². The molecule has 0 unspecified atom stereocenters. The average Bonchev–Trinajstić information content (AvgIpc) is 3.05. The van der Waals surface area contributed by atoms with Gasteiger partial charge in [0.2, 0.25) is 0 Å². The molecule has 1 heterocycles. The number of hydrogen-bond acceptors (Lipinski definition) is 2. The predicted octanol–water partition coefficient (Wildman–Crippen LogP) is 3.34. The molecule has 0 radical (unpaired) electrons. The molecular weight excluding hydrogens is 300 g/mol. The Morgan fingerprint density at radius 3 is 2.71 bits per heavy atom. The van der Waals surface area contributed by atoms with Gasteiger partial charge in [0.05, 0.1) is 26.2 Å². The highest BCUT2D eigenvalue weighted by atomic mass is 16.5. The summed E-state index contributed by atoms with van der Waals surface area (Å²) in [6.07, 6.45) is 3.07. The monoisotopic (exact) mass is 325 g/mol. The maximum Gasteiger partial charge on any atom is 0.161 e. The zero-order valence-electron chi connectivity index (χ0n) is 14.3. The Hall–Kier alpha value is -2.46. The Labute approximate surface area is 142 Å². The van der Waals surface area contributed by atoms with Crippen LogP contribution in [0, 0.1) is 0 Å². The quantitative estimate of drug-likeness (QED) is 0.700. The summed E-state index contributed by atoms with van der Waals surface area (Å²) in [5, 5.41) is 1.25. The maximum atomic E-state index is 5.76. The predicted molar refractivity (Wildman–Crippen MR) is 96.7 cm³/mol. The van der Waals surface area contributed by atoms with Crippen molar-refractivity contribution in [3.8, 4) is 11.5 Å². The Morgan fingerprint density at radius 2 is 1.96 bits per heavy atom. The third kappa shape index (κ3) is 3.10. The summed E-state index contributed by atoms with van der Waals surface area (Å²) in [4.78, 5) is 3.36. The van der Waals surface area contributed by atoms with Gasteiger partial charge in [-0.2, -0.15) is 0 Å². The zero-order chi connectivity index (χ0) is 16.9. The lowest BCUT2D eigenvalue weighted by atomic mass is 9.91. The number of para-hydroxylation sites is 1. The molecule has 4 heteroatoms. The first kappa shape index (κ1) is 16.4. The molecule has 0 aliphatic heterocycles. The molecule has 0 spiro atoms. The highest BCUT2D eigenvalue weighted by Crippen LogP contribution is 2.35. The summed E-state index contributed by atoms with van der Waals surface area (Å²) in [5.41, 5.74) is 7.78. The van der Waals surface area contributed by atoms with Gasteiger partial charge in [-0.1, -0.05) is 31.2 Å². The minimum Gasteiger partial charge on any atom is -0.493 e. The number of ether oxygens (including phenoxy) is 2. The van der Waals surface area contributed by atoms with Crippen molar-refractivity contribution >= 4 is 10.9 Å². The van der Waals surface area contributed by atoms with Crippen LogP contribution in [0.5, 0.6) is 11.5 Å². The molecule has 3 rings (SSSR count). The van der Waals surface area contributed by atoms with E-state index in [0.717, 1.165) is 30.0 Å². The molecule has 0 aliphatic carbocycles. The van der Waals surface area contributed by atoms with Crippen LogP contribution in [0.15, 0.2) is 48.7 Å². The number of quaternary nitrogens is 1. The Bertz CT molecular complexity index is 810. The van der Waals surface area contributed by atoms with Gasteiger partial charge in [-0.05, 0) is 35.7 Å². The van der Waals surface area contributed by atoms with Gasteiger partial charge in [-0.3, -0.25) is 0 Å². The second-order valence-electron chi connectivity index (χ2n) is 5.89.